The molecule has 2 N–H and O–H groups in total. The Morgan fingerprint density at radius 1 is 0.895 bits per heavy atom. The smallest absolute Gasteiger partial charge is 0.0801 e. The van der Waals surface area contributed by atoms with E-state index in [1.807, 2.05) is 0 Å². The van der Waals surface area contributed by atoms with E-state index in [9.17, 15) is 5.11 Å². The first-order valence-corrected chi connectivity index (χ1v) is 8.16. The van der Waals surface area contributed by atoms with Gasteiger partial charge in [-0.2, -0.15) is 0 Å². The number of aliphatic hydroxyl groups excluding tert-OH is 2. The summed E-state index contributed by atoms with van der Waals surface area (Å²) in [6, 6.07) is 0. The van der Waals surface area contributed by atoms with Gasteiger partial charge in [-0.05, 0) is 56.3 Å². The van der Waals surface area contributed by atoms with Gasteiger partial charge in [-0.15, -0.1) is 0 Å². The van der Waals surface area contributed by atoms with Gasteiger partial charge in [0, 0.05) is 13.2 Å². The number of hydrogen-bond acceptors (Lipinski definition) is 3. The average Bonchev–Trinajstić information content (AvgIpc) is 2.48. The third-order valence-corrected chi connectivity index (χ3v) is 5.06. The Kier molecular flexibility index (Phi) is 6.62. The summed E-state index contributed by atoms with van der Waals surface area (Å²) in [5.74, 6) is 1.58. The summed E-state index contributed by atoms with van der Waals surface area (Å²) < 4.78 is 5.74. The van der Waals surface area contributed by atoms with Crippen molar-refractivity contribution in [2.24, 2.45) is 17.8 Å². The highest BCUT2D eigenvalue weighted by Crippen LogP contribution is 2.31. The van der Waals surface area contributed by atoms with Crippen molar-refractivity contribution in [3.63, 3.8) is 0 Å². The topological polar surface area (TPSA) is 49.7 Å². The minimum Gasteiger partial charge on any atom is -0.396 e. The van der Waals surface area contributed by atoms with Gasteiger partial charge < -0.3 is 14.9 Å². The molecule has 0 aromatic carbocycles. The fourth-order valence-electron chi connectivity index (χ4n) is 3.60. The van der Waals surface area contributed by atoms with Crippen LogP contribution < -0.4 is 0 Å². The van der Waals surface area contributed by atoms with Crippen LogP contribution in [0.25, 0.3) is 0 Å². The molecule has 2 aliphatic rings. The minimum atomic E-state index is -0.303. The summed E-state index contributed by atoms with van der Waals surface area (Å²) in [5, 5.41) is 19.3. The van der Waals surface area contributed by atoms with Gasteiger partial charge in [-0.3, -0.25) is 0 Å². The van der Waals surface area contributed by atoms with Crippen molar-refractivity contribution in [2.45, 2.75) is 63.9 Å². The van der Waals surface area contributed by atoms with Crippen LogP contribution in [-0.2, 0) is 4.74 Å². The van der Waals surface area contributed by atoms with Crippen LogP contribution in [0.1, 0.15) is 57.8 Å². The standard InChI is InChI=1S/C16H30O3/c17-10-13-6-8-15(9-7-13)16(18)12-19-11-14-4-2-1-3-5-14/h13-18H,1-12H2. The van der Waals surface area contributed by atoms with Gasteiger partial charge in [0.2, 0.25) is 0 Å². The molecule has 0 aromatic rings. The molecule has 0 amide bonds. The molecule has 0 saturated heterocycles. The molecule has 19 heavy (non-hydrogen) atoms. The Bertz CT molecular complexity index is 230. The van der Waals surface area contributed by atoms with Crippen molar-refractivity contribution in [3.8, 4) is 0 Å². The number of ether oxygens (including phenoxy) is 1. The van der Waals surface area contributed by atoms with Gasteiger partial charge in [0.15, 0.2) is 0 Å². The van der Waals surface area contributed by atoms with Crippen LogP contribution in [0, 0.1) is 17.8 Å². The van der Waals surface area contributed by atoms with Crippen molar-refractivity contribution in [2.75, 3.05) is 19.8 Å². The van der Waals surface area contributed by atoms with Crippen LogP contribution in [0.3, 0.4) is 0 Å². The maximum absolute atomic E-state index is 10.2. The van der Waals surface area contributed by atoms with Gasteiger partial charge >= 0.3 is 0 Å². The highest BCUT2D eigenvalue weighted by molar-refractivity contribution is 4.77. The second-order valence-corrected chi connectivity index (χ2v) is 6.57. The van der Waals surface area contributed by atoms with Crippen molar-refractivity contribution < 1.29 is 14.9 Å². The van der Waals surface area contributed by atoms with E-state index in [4.69, 9.17) is 9.84 Å². The van der Waals surface area contributed by atoms with Crippen molar-refractivity contribution in [1.29, 1.82) is 0 Å². The molecule has 3 heteroatoms. The Balaban J connectivity index is 1.57. The minimum absolute atomic E-state index is 0.303. The van der Waals surface area contributed by atoms with E-state index < -0.39 is 0 Å². The molecular formula is C16H30O3. The fourth-order valence-corrected chi connectivity index (χ4v) is 3.60. The van der Waals surface area contributed by atoms with Gasteiger partial charge in [0.25, 0.3) is 0 Å². The summed E-state index contributed by atoms with van der Waals surface area (Å²) >= 11 is 0. The fraction of sp³-hybridized carbons (Fsp3) is 1.00. The molecule has 0 radical (unpaired) electrons. The first-order valence-electron chi connectivity index (χ1n) is 8.16. The lowest BCUT2D eigenvalue weighted by Crippen LogP contribution is -2.31. The summed E-state index contributed by atoms with van der Waals surface area (Å²) in [5.41, 5.74) is 0. The number of rotatable bonds is 6. The summed E-state index contributed by atoms with van der Waals surface area (Å²) in [6.07, 6.45) is 10.6. The third-order valence-electron chi connectivity index (χ3n) is 5.06. The average molecular weight is 270 g/mol. The van der Waals surface area contributed by atoms with Crippen LogP contribution in [-0.4, -0.2) is 36.1 Å². The highest BCUT2D eigenvalue weighted by Gasteiger charge is 2.26. The van der Waals surface area contributed by atoms with E-state index in [1.54, 1.807) is 0 Å². The summed E-state index contributed by atoms with van der Waals surface area (Å²) in [4.78, 5) is 0. The number of aliphatic hydroxyl groups is 2. The monoisotopic (exact) mass is 270 g/mol. The molecule has 0 bridgehead atoms. The second-order valence-electron chi connectivity index (χ2n) is 6.57. The highest BCUT2D eigenvalue weighted by atomic mass is 16.5. The van der Waals surface area contributed by atoms with Gasteiger partial charge in [0.1, 0.15) is 0 Å². The van der Waals surface area contributed by atoms with Crippen LogP contribution in [0.4, 0.5) is 0 Å². The molecule has 2 fully saturated rings. The third kappa shape index (κ3) is 5.05. The SMILES string of the molecule is OCC1CCC(C(O)COCC2CCCCC2)CC1. The van der Waals surface area contributed by atoms with Crippen LogP contribution >= 0.6 is 0 Å². The maximum Gasteiger partial charge on any atom is 0.0801 e. The lowest BCUT2D eigenvalue weighted by Gasteiger charge is -2.31. The first-order chi connectivity index (χ1) is 9.29. The second kappa shape index (κ2) is 8.23. The van der Waals surface area contributed by atoms with Crippen molar-refractivity contribution in [1.82, 2.24) is 0 Å². The lowest BCUT2D eigenvalue weighted by molar-refractivity contribution is -0.0234. The van der Waals surface area contributed by atoms with E-state index in [0.29, 0.717) is 25.0 Å². The van der Waals surface area contributed by atoms with Gasteiger partial charge in [0.05, 0.1) is 12.7 Å². The Morgan fingerprint density at radius 3 is 2.21 bits per heavy atom. The van der Waals surface area contributed by atoms with Crippen molar-refractivity contribution in [3.05, 3.63) is 0 Å². The lowest BCUT2D eigenvalue weighted by atomic mass is 9.80. The molecule has 1 atom stereocenters. The van der Waals surface area contributed by atoms with E-state index in [-0.39, 0.29) is 6.10 Å². The zero-order chi connectivity index (χ0) is 13.5. The molecule has 0 heterocycles. The summed E-state index contributed by atoms with van der Waals surface area (Å²) in [6.45, 7) is 1.65. The van der Waals surface area contributed by atoms with Crippen LogP contribution in [0.15, 0.2) is 0 Å². The largest absolute Gasteiger partial charge is 0.396 e. The first kappa shape index (κ1) is 15.3. The Labute approximate surface area is 117 Å². The quantitative estimate of drug-likeness (QED) is 0.780. The number of hydrogen-bond donors (Lipinski definition) is 2. The molecule has 0 spiro atoms. The predicted octanol–water partition coefficient (Wildman–Crippen LogP) is 2.74. The Morgan fingerprint density at radius 2 is 1.58 bits per heavy atom. The summed E-state index contributed by atoms with van der Waals surface area (Å²) in [7, 11) is 0. The van der Waals surface area contributed by atoms with Crippen molar-refractivity contribution >= 4 is 0 Å². The molecule has 112 valence electrons. The molecular weight excluding hydrogens is 240 g/mol. The molecule has 0 aromatic heterocycles. The molecule has 2 aliphatic carbocycles. The zero-order valence-electron chi connectivity index (χ0n) is 12.1. The normalized spacial score (nSPS) is 31.3. The van der Waals surface area contributed by atoms with Crippen LogP contribution in [0.5, 0.6) is 0 Å². The maximum atomic E-state index is 10.2. The predicted molar refractivity (Wildman–Crippen MR) is 75.9 cm³/mol. The van der Waals surface area contributed by atoms with Gasteiger partial charge in [-0.1, -0.05) is 19.3 Å². The van der Waals surface area contributed by atoms with E-state index in [2.05, 4.69) is 0 Å². The van der Waals surface area contributed by atoms with Crippen LogP contribution in [0.2, 0.25) is 0 Å². The molecule has 3 nitrogen and oxygen atoms in total. The molecule has 2 rings (SSSR count). The van der Waals surface area contributed by atoms with E-state index >= 15 is 0 Å². The van der Waals surface area contributed by atoms with E-state index in [1.165, 1.54) is 32.1 Å². The zero-order valence-corrected chi connectivity index (χ0v) is 12.1. The molecule has 2 saturated carbocycles. The Hall–Kier alpha value is -0.120. The molecule has 1 unspecified atom stereocenters. The van der Waals surface area contributed by atoms with E-state index in [0.717, 1.165) is 38.2 Å². The van der Waals surface area contributed by atoms with Gasteiger partial charge in [-0.25, -0.2) is 0 Å². The molecule has 0 aliphatic heterocycles.